The standard InChI is InChI=1S/C19H28O3.C2H6/c1-15-9-8-10-16(13-15)19(4,17(21)22-5)12-7-6-11-18(2,3)14-20;1-2/h8-10,13-14H,6-7,11-12H2,1-5H3;1-2H3. The first-order valence-corrected chi connectivity index (χ1v) is 8.87. The summed E-state index contributed by atoms with van der Waals surface area (Å²) >= 11 is 0. The second-order valence-electron chi connectivity index (χ2n) is 7.01. The lowest BCUT2D eigenvalue weighted by Crippen LogP contribution is -2.34. The summed E-state index contributed by atoms with van der Waals surface area (Å²) in [4.78, 5) is 23.3. The van der Waals surface area contributed by atoms with Crippen molar-refractivity contribution in [2.75, 3.05) is 7.11 Å². The van der Waals surface area contributed by atoms with Gasteiger partial charge in [-0.3, -0.25) is 4.79 Å². The molecule has 0 fully saturated rings. The lowest BCUT2D eigenvalue weighted by Gasteiger charge is -2.28. The molecule has 0 N–H and O–H groups in total. The third-order valence-electron chi connectivity index (χ3n) is 4.36. The molecule has 1 unspecified atom stereocenters. The van der Waals surface area contributed by atoms with E-state index in [4.69, 9.17) is 4.74 Å². The van der Waals surface area contributed by atoms with Crippen LogP contribution in [0.5, 0.6) is 0 Å². The molecule has 0 spiro atoms. The summed E-state index contributed by atoms with van der Waals surface area (Å²) in [6.45, 7) is 11.9. The average molecular weight is 334 g/mol. The zero-order valence-corrected chi connectivity index (χ0v) is 16.4. The maximum absolute atomic E-state index is 12.3. The van der Waals surface area contributed by atoms with E-state index in [9.17, 15) is 9.59 Å². The van der Waals surface area contributed by atoms with Crippen LogP contribution in [0.15, 0.2) is 24.3 Å². The fourth-order valence-electron chi connectivity index (χ4n) is 2.70. The average Bonchev–Trinajstić information content (AvgIpc) is 2.59. The Bertz CT molecular complexity index is 520. The van der Waals surface area contributed by atoms with Gasteiger partial charge in [0.05, 0.1) is 12.5 Å². The lowest BCUT2D eigenvalue weighted by atomic mass is 9.77. The summed E-state index contributed by atoms with van der Waals surface area (Å²) in [5.41, 5.74) is 1.21. The number of benzene rings is 1. The first-order valence-electron chi connectivity index (χ1n) is 8.87. The fourth-order valence-corrected chi connectivity index (χ4v) is 2.70. The first kappa shape index (κ1) is 22.4. The lowest BCUT2D eigenvalue weighted by molar-refractivity contribution is -0.147. The summed E-state index contributed by atoms with van der Waals surface area (Å²) in [5.74, 6) is -0.201. The molecule has 1 aromatic carbocycles. The number of hydrogen-bond donors (Lipinski definition) is 0. The summed E-state index contributed by atoms with van der Waals surface area (Å²) in [6, 6.07) is 8.03. The van der Waals surface area contributed by atoms with Gasteiger partial charge in [-0.25, -0.2) is 0 Å². The van der Waals surface area contributed by atoms with Crippen LogP contribution in [-0.2, 0) is 19.7 Å². The molecule has 136 valence electrons. The molecule has 0 aromatic heterocycles. The van der Waals surface area contributed by atoms with Crippen LogP contribution in [0.25, 0.3) is 0 Å². The third kappa shape index (κ3) is 6.46. The van der Waals surface area contributed by atoms with E-state index >= 15 is 0 Å². The molecule has 3 heteroatoms. The van der Waals surface area contributed by atoms with E-state index in [1.54, 1.807) is 0 Å². The minimum absolute atomic E-state index is 0.201. The Balaban J connectivity index is 0.00000254. The third-order valence-corrected chi connectivity index (χ3v) is 4.36. The van der Waals surface area contributed by atoms with Crippen molar-refractivity contribution in [2.45, 2.75) is 72.6 Å². The van der Waals surface area contributed by atoms with Crippen molar-refractivity contribution in [3.8, 4) is 0 Å². The zero-order chi connectivity index (χ0) is 18.8. The van der Waals surface area contributed by atoms with E-state index in [2.05, 4.69) is 0 Å². The van der Waals surface area contributed by atoms with Gasteiger partial charge in [-0.15, -0.1) is 0 Å². The number of rotatable bonds is 8. The molecule has 0 heterocycles. The van der Waals surface area contributed by atoms with Crippen LogP contribution in [0.1, 0.15) is 71.4 Å². The van der Waals surface area contributed by atoms with Crippen molar-refractivity contribution in [2.24, 2.45) is 5.41 Å². The molecule has 0 saturated heterocycles. The normalized spacial score (nSPS) is 13.3. The minimum Gasteiger partial charge on any atom is -0.468 e. The monoisotopic (exact) mass is 334 g/mol. The Morgan fingerprint density at radius 3 is 2.21 bits per heavy atom. The maximum Gasteiger partial charge on any atom is 0.315 e. The molecule has 1 rings (SSSR count). The van der Waals surface area contributed by atoms with Crippen molar-refractivity contribution in [1.29, 1.82) is 0 Å². The second kappa shape index (κ2) is 10.3. The molecule has 0 aliphatic rings. The molecule has 24 heavy (non-hydrogen) atoms. The Kier molecular flexibility index (Phi) is 9.57. The van der Waals surface area contributed by atoms with Gasteiger partial charge in [-0.1, -0.05) is 70.4 Å². The second-order valence-corrected chi connectivity index (χ2v) is 7.01. The Morgan fingerprint density at radius 1 is 1.12 bits per heavy atom. The predicted molar refractivity (Wildman–Crippen MR) is 100 cm³/mol. The van der Waals surface area contributed by atoms with Gasteiger partial charge in [0.1, 0.15) is 6.29 Å². The van der Waals surface area contributed by atoms with E-state index in [1.165, 1.54) is 7.11 Å². The molecule has 0 amide bonds. The highest BCUT2D eigenvalue weighted by molar-refractivity contribution is 5.82. The van der Waals surface area contributed by atoms with Crippen LogP contribution < -0.4 is 0 Å². The fraction of sp³-hybridized carbons (Fsp3) is 0.619. The number of carbonyl (C=O) groups excluding carboxylic acids is 2. The zero-order valence-electron chi connectivity index (χ0n) is 16.4. The van der Waals surface area contributed by atoms with Gasteiger partial charge < -0.3 is 9.53 Å². The van der Waals surface area contributed by atoms with E-state index in [0.29, 0.717) is 0 Å². The highest BCUT2D eigenvalue weighted by atomic mass is 16.5. The molecule has 0 bridgehead atoms. The van der Waals surface area contributed by atoms with Crippen LogP contribution in [0.4, 0.5) is 0 Å². The summed E-state index contributed by atoms with van der Waals surface area (Å²) in [6.07, 6.45) is 4.37. The van der Waals surface area contributed by atoms with Crippen LogP contribution >= 0.6 is 0 Å². The summed E-state index contributed by atoms with van der Waals surface area (Å²) in [5, 5.41) is 0. The number of carbonyl (C=O) groups is 2. The minimum atomic E-state index is -0.633. The van der Waals surface area contributed by atoms with Crippen molar-refractivity contribution >= 4 is 12.3 Å². The number of ether oxygens (including phenoxy) is 1. The number of hydrogen-bond acceptors (Lipinski definition) is 3. The van der Waals surface area contributed by atoms with E-state index < -0.39 is 5.41 Å². The van der Waals surface area contributed by atoms with E-state index in [-0.39, 0.29) is 11.4 Å². The smallest absolute Gasteiger partial charge is 0.315 e. The van der Waals surface area contributed by atoms with E-state index in [0.717, 1.165) is 43.1 Å². The van der Waals surface area contributed by atoms with Crippen LogP contribution in [0.3, 0.4) is 0 Å². The Hall–Kier alpha value is -1.64. The van der Waals surface area contributed by atoms with Gasteiger partial charge in [0.15, 0.2) is 0 Å². The van der Waals surface area contributed by atoms with Gasteiger partial charge in [-0.2, -0.15) is 0 Å². The van der Waals surface area contributed by atoms with Crippen molar-refractivity contribution in [3.05, 3.63) is 35.4 Å². The number of aryl methyl sites for hydroxylation is 1. The largest absolute Gasteiger partial charge is 0.468 e. The number of esters is 1. The molecule has 0 radical (unpaired) electrons. The Morgan fingerprint density at radius 2 is 1.71 bits per heavy atom. The summed E-state index contributed by atoms with van der Waals surface area (Å²) < 4.78 is 5.03. The van der Waals surface area contributed by atoms with Crippen LogP contribution in [0, 0.1) is 12.3 Å². The predicted octanol–water partition coefficient (Wildman–Crippen LogP) is 5.24. The van der Waals surface area contributed by atoms with Gasteiger partial charge in [0.2, 0.25) is 0 Å². The molecular formula is C21H34O3. The highest BCUT2D eigenvalue weighted by Gasteiger charge is 2.36. The molecule has 1 atom stereocenters. The highest BCUT2D eigenvalue weighted by Crippen LogP contribution is 2.33. The van der Waals surface area contributed by atoms with E-state index in [1.807, 2.05) is 65.8 Å². The van der Waals surface area contributed by atoms with Crippen molar-refractivity contribution < 1.29 is 14.3 Å². The van der Waals surface area contributed by atoms with Gasteiger partial charge in [0.25, 0.3) is 0 Å². The first-order chi connectivity index (χ1) is 11.2. The quantitative estimate of drug-likeness (QED) is 0.371. The molecule has 0 saturated carbocycles. The number of unbranched alkanes of at least 4 members (excludes halogenated alkanes) is 1. The SMILES string of the molecule is CC.COC(=O)C(C)(CCCCC(C)(C)C=O)c1cccc(C)c1. The molecule has 0 aliphatic carbocycles. The van der Waals surface area contributed by atoms with Crippen molar-refractivity contribution in [1.82, 2.24) is 0 Å². The van der Waals surface area contributed by atoms with Gasteiger partial charge in [0, 0.05) is 5.41 Å². The maximum atomic E-state index is 12.3. The molecule has 0 aliphatic heterocycles. The molecular weight excluding hydrogens is 300 g/mol. The van der Waals surface area contributed by atoms with Gasteiger partial charge in [-0.05, 0) is 32.3 Å². The Labute approximate surface area is 147 Å². The van der Waals surface area contributed by atoms with Crippen LogP contribution in [0.2, 0.25) is 0 Å². The number of aldehydes is 1. The number of methoxy groups -OCH3 is 1. The van der Waals surface area contributed by atoms with Crippen molar-refractivity contribution in [3.63, 3.8) is 0 Å². The van der Waals surface area contributed by atoms with Gasteiger partial charge >= 0.3 is 5.97 Å². The summed E-state index contributed by atoms with van der Waals surface area (Å²) in [7, 11) is 1.44. The molecule has 3 nitrogen and oxygen atoms in total. The van der Waals surface area contributed by atoms with Crippen LogP contribution in [-0.4, -0.2) is 19.4 Å². The topological polar surface area (TPSA) is 43.4 Å². The molecule has 1 aromatic rings.